The first-order chi connectivity index (χ1) is 11.3. The highest BCUT2D eigenvalue weighted by atomic mass is 35.5. The average molecular weight is 360 g/mol. The number of aryl methyl sites for hydroxylation is 1. The molecule has 0 unspecified atom stereocenters. The van der Waals surface area contributed by atoms with Crippen LogP contribution >= 0.6 is 23.2 Å². The number of rotatable bonds is 3. The molecule has 1 aromatic carbocycles. The second kappa shape index (κ2) is 7.46. The standard InChI is InChI=1S/C21H23Cl2N/c1-7-13(3)19-15(5)12-16(6)24(21(19)17(22)8-2)20-14(4)10-9-11-18(20)23/h8-12H,2,5,7H2,1,3-4,6H3/b19-13+,21-17-. The molecule has 2 rings (SSSR count). The first-order valence-electron chi connectivity index (χ1n) is 7.98. The quantitative estimate of drug-likeness (QED) is 0.547. The van der Waals surface area contributed by atoms with Gasteiger partial charge in [0.15, 0.2) is 0 Å². The summed E-state index contributed by atoms with van der Waals surface area (Å²) in [6, 6.07) is 5.90. The van der Waals surface area contributed by atoms with Gasteiger partial charge in [-0.15, -0.1) is 0 Å². The van der Waals surface area contributed by atoms with Crippen molar-refractivity contribution in [3.63, 3.8) is 0 Å². The van der Waals surface area contributed by atoms with Gasteiger partial charge in [-0.3, -0.25) is 0 Å². The van der Waals surface area contributed by atoms with Crippen LogP contribution in [0.5, 0.6) is 0 Å². The molecule has 0 bridgehead atoms. The molecule has 1 nitrogen and oxygen atoms in total. The molecule has 3 heteroatoms. The SMILES string of the molecule is C=C/C(Cl)=C1\C(=C(/C)CC)C(=C)C=C(C)N1c1c(C)cccc1Cl. The maximum absolute atomic E-state index is 6.59. The van der Waals surface area contributed by atoms with Gasteiger partial charge in [0.05, 0.1) is 21.4 Å². The van der Waals surface area contributed by atoms with Gasteiger partial charge < -0.3 is 4.90 Å². The zero-order chi connectivity index (χ0) is 18.0. The van der Waals surface area contributed by atoms with Gasteiger partial charge in [-0.05, 0) is 56.5 Å². The minimum absolute atomic E-state index is 0.589. The second-order valence-electron chi connectivity index (χ2n) is 5.96. The van der Waals surface area contributed by atoms with Crippen LogP contribution in [0, 0.1) is 6.92 Å². The summed E-state index contributed by atoms with van der Waals surface area (Å²) < 4.78 is 0. The second-order valence-corrected chi connectivity index (χ2v) is 6.78. The summed E-state index contributed by atoms with van der Waals surface area (Å²) >= 11 is 13.1. The lowest BCUT2D eigenvalue weighted by molar-refractivity contribution is 0.989. The third kappa shape index (κ3) is 3.24. The van der Waals surface area contributed by atoms with Crippen molar-refractivity contribution in [3.05, 3.63) is 87.2 Å². The highest BCUT2D eigenvalue weighted by molar-refractivity contribution is 6.34. The Kier molecular flexibility index (Phi) is 5.79. The minimum Gasteiger partial charge on any atom is -0.311 e. The number of para-hydroxylation sites is 1. The molecular weight excluding hydrogens is 337 g/mol. The zero-order valence-corrected chi connectivity index (χ0v) is 16.2. The minimum atomic E-state index is 0.589. The average Bonchev–Trinajstić information content (AvgIpc) is 2.54. The molecule has 0 atom stereocenters. The summed E-state index contributed by atoms with van der Waals surface area (Å²) in [7, 11) is 0. The van der Waals surface area contributed by atoms with Crippen molar-refractivity contribution in [1.82, 2.24) is 0 Å². The Bertz CT molecular complexity index is 774. The number of allylic oxidation sites excluding steroid dienone is 6. The molecule has 24 heavy (non-hydrogen) atoms. The predicted molar refractivity (Wildman–Crippen MR) is 108 cm³/mol. The van der Waals surface area contributed by atoms with Crippen LogP contribution in [0.2, 0.25) is 5.02 Å². The maximum atomic E-state index is 6.59. The molecule has 0 saturated heterocycles. The van der Waals surface area contributed by atoms with Crippen LogP contribution in [-0.4, -0.2) is 0 Å². The number of hydrogen-bond donors (Lipinski definition) is 0. The Morgan fingerprint density at radius 2 is 1.96 bits per heavy atom. The van der Waals surface area contributed by atoms with Crippen molar-refractivity contribution in [2.75, 3.05) is 4.90 Å². The van der Waals surface area contributed by atoms with Crippen LogP contribution < -0.4 is 4.90 Å². The highest BCUT2D eigenvalue weighted by Crippen LogP contribution is 2.44. The molecule has 1 aliphatic rings. The molecule has 1 aromatic rings. The summed E-state index contributed by atoms with van der Waals surface area (Å²) in [5.41, 5.74) is 7.20. The summed E-state index contributed by atoms with van der Waals surface area (Å²) in [6.45, 7) is 16.4. The topological polar surface area (TPSA) is 3.24 Å². The fraction of sp³-hybridized carbons (Fsp3) is 0.238. The van der Waals surface area contributed by atoms with Crippen molar-refractivity contribution in [2.45, 2.75) is 34.1 Å². The van der Waals surface area contributed by atoms with Gasteiger partial charge in [-0.1, -0.05) is 61.0 Å². The van der Waals surface area contributed by atoms with Gasteiger partial charge in [-0.25, -0.2) is 0 Å². The molecule has 0 amide bonds. The van der Waals surface area contributed by atoms with Crippen LogP contribution in [-0.2, 0) is 0 Å². The molecule has 0 fully saturated rings. The van der Waals surface area contributed by atoms with Gasteiger partial charge in [-0.2, -0.15) is 0 Å². The molecule has 126 valence electrons. The molecule has 0 spiro atoms. The van der Waals surface area contributed by atoms with E-state index in [4.69, 9.17) is 23.2 Å². The van der Waals surface area contributed by atoms with Crippen LogP contribution in [0.15, 0.2) is 76.7 Å². The largest absolute Gasteiger partial charge is 0.311 e. The number of hydrogen-bond acceptors (Lipinski definition) is 1. The van der Waals surface area contributed by atoms with E-state index in [-0.39, 0.29) is 0 Å². The summed E-state index contributed by atoms with van der Waals surface area (Å²) in [5.74, 6) is 0. The molecule has 0 radical (unpaired) electrons. The Hall–Kier alpha value is -1.70. The molecule has 0 N–H and O–H groups in total. The molecular formula is C21H23Cl2N. The lowest BCUT2D eigenvalue weighted by Gasteiger charge is -2.37. The van der Waals surface area contributed by atoms with E-state index in [1.165, 1.54) is 5.57 Å². The number of benzene rings is 1. The van der Waals surface area contributed by atoms with Crippen LogP contribution in [0.4, 0.5) is 5.69 Å². The summed E-state index contributed by atoms with van der Waals surface area (Å²) in [5, 5.41) is 1.28. The Balaban J connectivity index is 2.90. The number of halogens is 2. The Morgan fingerprint density at radius 1 is 1.29 bits per heavy atom. The van der Waals surface area contributed by atoms with Crippen molar-refractivity contribution < 1.29 is 0 Å². The monoisotopic (exact) mass is 359 g/mol. The van der Waals surface area contributed by atoms with Gasteiger partial charge >= 0.3 is 0 Å². The predicted octanol–water partition coefficient (Wildman–Crippen LogP) is 7.29. The van der Waals surface area contributed by atoms with Crippen molar-refractivity contribution in [1.29, 1.82) is 0 Å². The van der Waals surface area contributed by atoms with E-state index in [1.54, 1.807) is 6.08 Å². The fourth-order valence-corrected chi connectivity index (χ4v) is 3.48. The lowest BCUT2D eigenvalue weighted by Crippen LogP contribution is -2.28. The lowest BCUT2D eigenvalue weighted by atomic mass is 9.91. The van der Waals surface area contributed by atoms with Gasteiger partial charge in [0.2, 0.25) is 0 Å². The maximum Gasteiger partial charge on any atom is 0.0722 e. The van der Waals surface area contributed by atoms with E-state index >= 15 is 0 Å². The molecule has 0 aliphatic carbocycles. The van der Waals surface area contributed by atoms with E-state index in [2.05, 4.69) is 38.0 Å². The first kappa shape index (κ1) is 18.6. The molecule has 0 aromatic heterocycles. The van der Waals surface area contributed by atoms with Crippen LogP contribution in [0.1, 0.15) is 32.8 Å². The van der Waals surface area contributed by atoms with Crippen molar-refractivity contribution >= 4 is 28.9 Å². The van der Waals surface area contributed by atoms with Crippen molar-refractivity contribution in [3.8, 4) is 0 Å². The van der Waals surface area contributed by atoms with Gasteiger partial charge in [0.25, 0.3) is 0 Å². The third-order valence-electron chi connectivity index (χ3n) is 4.29. The molecule has 1 heterocycles. The molecule has 1 aliphatic heterocycles. The van der Waals surface area contributed by atoms with E-state index < -0.39 is 0 Å². The Labute approximate surface area is 155 Å². The van der Waals surface area contributed by atoms with E-state index in [9.17, 15) is 0 Å². The van der Waals surface area contributed by atoms with E-state index in [1.807, 2.05) is 32.0 Å². The smallest absolute Gasteiger partial charge is 0.0722 e. The number of anilines is 1. The fourth-order valence-electron chi connectivity index (χ4n) is 3.00. The normalized spacial score (nSPS) is 19.2. The highest BCUT2D eigenvalue weighted by Gasteiger charge is 2.29. The van der Waals surface area contributed by atoms with Gasteiger partial charge in [0, 0.05) is 11.3 Å². The summed E-state index contributed by atoms with van der Waals surface area (Å²) in [6.07, 6.45) is 4.67. The summed E-state index contributed by atoms with van der Waals surface area (Å²) in [4.78, 5) is 2.12. The van der Waals surface area contributed by atoms with E-state index in [0.717, 1.165) is 40.2 Å². The van der Waals surface area contributed by atoms with Gasteiger partial charge in [0.1, 0.15) is 0 Å². The Morgan fingerprint density at radius 3 is 2.50 bits per heavy atom. The van der Waals surface area contributed by atoms with Crippen molar-refractivity contribution in [2.24, 2.45) is 0 Å². The number of nitrogens with zero attached hydrogens (tertiary/aromatic N) is 1. The first-order valence-corrected chi connectivity index (χ1v) is 8.74. The van der Waals surface area contributed by atoms with Crippen LogP contribution in [0.25, 0.3) is 0 Å². The zero-order valence-electron chi connectivity index (χ0n) is 14.7. The third-order valence-corrected chi connectivity index (χ3v) is 4.93. The van der Waals surface area contributed by atoms with E-state index in [0.29, 0.717) is 10.1 Å². The van der Waals surface area contributed by atoms with Crippen LogP contribution in [0.3, 0.4) is 0 Å². The molecule has 0 saturated carbocycles.